The summed E-state index contributed by atoms with van der Waals surface area (Å²) < 4.78 is 0. The van der Waals surface area contributed by atoms with Crippen molar-refractivity contribution in [3.8, 4) is 5.75 Å². The summed E-state index contributed by atoms with van der Waals surface area (Å²) in [7, 11) is 0. The van der Waals surface area contributed by atoms with Crippen LogP contribution in [0.25, 0.3) is 0 Å². The van der Waals surface area contributed by atoms with Gasteiger partial charge in [-0.15, -0.1) is 0 Å². The second kappa shape index (κ2) is 8.88. The maximum Gasteiger partial charge on any atom is 0.120 e. The normalized spacial score (nSPS) is 13.5. The van der Waals surface area contributed by atoms with Crippen molar-refractivity contribution in [2.45, 2.75) is 39.3 Å². The molecule has 27 heavy (non-hydrogen) atoms. The molecule has 2 nitrogen and oxygen atoms in total. The molecule has 140 valence electrons. The zero-order valence-electron chi connectivity index (χ0n) is 16.4. The van der Waals surface area contributed by atoms with E-state index in [0.717, 1.165) is 17.5 Å². The van der Waals surface area contributed by atoms with Crippen LogP contribution in [0.5, 0.6) is 5.75 Å². The number of hydrogen-bond donors (Lipinski definition) is 2. The molecule has 0 aromatic heterocycles. The van der Waals surface area contributed by atoms with Gasteiger partial charge >= 0.3 is 0 Å². The van der Waals surface area contributed by atoms with Gasteiger partial charge in [-0.05, 0) is 36.5 Å². The molecule has 0 aliphatic rings. The smallest absolute Gasteiger partial charge is 0.120 e. The zero-order valence-corrected chi connectivity index (χ0v) is 16.4. The Labute approximate surface area is 162 Å². The number of nitrogens with one attached hydrogen (secondary N) is 1. The van der Waals surface area contributed by atoms with Crippen molar-refractivity contribution in [1.29, 1.82) is 0 Å². The lowest BCUT2D eigenvalue weighted by atomic mass is 9.91. The van der Waals surface area contributed by atoms with Crippen LogP contribution in [-0.4, -0.2) is 5.11 Å². The molecule has 3 rings (SSSR count). The van der Waals surface area contributed by atoms with Crippen LogP contribution in [0.4, 0.5) is 0 Å². The molecular weight excluding hydrogens is 330 g/mol. The van der Waals surface area contributed by atoms with Crippen molar-refractivity contribution in [2.24, 2.45) is 5.92 Å². The number of phenolic OH excluding ortho intramolecular Hbond substituents is 1. The second-order valence-corrected chi connectivity index (χ2v) is 7.60. The number of benzene rings is 3. The molecular formula is C25H29NO. The van der Waals surface area contributed by atoms with Gasteiger partial charge in [0.2, 0.25) is 0 Å². The van der Waals surface area contributed by atoms with Crippen LogP contribution in [0.15, 0.2) is 78.9 Å². The van der Waals surface area contributed by atoms with Crippen LogP contribution in [-0.2, 0) is 6.42 Å². The number of aromatic hydroxyl groups is 1. The van der Waals surface area contributed by atoms with Gasteiger partial charge in [-0.3, -0.25) is 0 Å². The highest BCUT2D eigenvalue weighted by Gasteiger charge is 2.23. The summed E-state index contributed by atoms with van der Waals surface area (Å²) in [5.74, 6) is 0.780. The highest BCUT2D eigenvalue weighted by atomic mass is 16.3. The summed E-state index contributed by atoms with van der Waals surface area (Å²) in [6.45, 7) is 6.54. The second-order valence-electron chi connectivity index (χ2n) is 7.60. The first-order valence-electron chi connectivity index (χ1n) is 9.69. The maximum absolute atomic E-state index is 10.6. The van der Waals surface area contributed by atoms with E-state index in [9.17, 15) is 5.11 Å². The monoisotopic (exact) mass is 359 g/mol. The molecule has 2 heteroatoms. The van der Waals surface area contributed by atoms with E-state index in [2.05, 4.69) is 86.8 Å². The van der Waals surface area contributed by atoms with Crippen LogP contribution in [0, 0.1) is 12.8 Å². The van der Waals surface area contributed by atoms with E-state index in [1.54, 1.807) is 6.07 Å². The summed E-state index contributed by atoms with van der Waals surface area (Å²) in [6, 6.07) is 27.1. The molecule has 0 heterocycles. The molecule has 0 unspecified atom stereocenters. The molecule has 0 bridgehead atoms. The lowest BCUT2D eigenvalue weighted by Gasteiger charge is -2.30. The van der Waals surface area contributed by atoms with Gasteiger partial charge in [-0.25, -0.2) is 0 Å². The van der Waals surface area contributed by atoms with Crippen LogP contribution in [0.1, 0.15) is 48.2 Å². The quantitative estimate of drug-likeness (QED) is 0.544. The molecule has 0 saturated carbocycles. The molecule has 0 aliphatic carbocycles. The molecule has 2 atom stereocenters. The first kappa shape index (κ1) is 19.2. The van der Waals surface area contributed by atoms with Crippen LogP contribution in [0.3, 0.4) is 0 Å². The Morgan fingerprint density at radius 2 is 1.48 bits per heavy atom. The standard InChI is InChI=1S/C25H29NO/c1-18(2)25(21-12-8-5-9-13-21)26-23(17-20-10-6-4-7-11-20)22-16-19(3)14-15-24(22)27/h4-16,18,23,25-27H,17H2,1-3H3/t23-,25-/m1/s1. The van der Waals surface area contributed by atoms with Gasteiger partial charge in [0.1, 0.15) is 5.75 Å². The predicted molar refractivity (Wildman–Crippen MR) is 113 cm³/mol. The molecule has 0 spiro atoms. The SMILES string of the molecule is Cc1ccc(O)c([C@@H](Cc2ccccc2)N[C@@H](c2ccccc2)C(C)C)c1. The Kier molecular flexibility index (Phi) is 6.31. The number of hydrogen-bond acceptors (Lipinski definition) is 2. The largest absolute Gasteiger partial charge is 0.508 e. The van der Waals surface area contributed by atoms with Crippen molar-refractivity contribution >= 4 is 0 Å². The molecule has 0 saturated heterocycles. The highest BCUT2D eigenvalue weighted by Crippen LogP contribution is 2.32. The van der Waals surface area contributed by atoms with Crippen LogP contribution >= 0.6 is 0 Å². The van der Waals surface area contributed by atoms with Crippen molar-refractivity contribution < 1.29 is 5.11 Å². The summed E-state index contributed by atoms with van der Waals surface area (Å²) in [4.78, 5) is 0. The minimum atomic E-state index is 0.0277. The summed E-state index contributed by atoms with van der Waals surface area (Å²) in [5.41, 5.74) is 4.65. The average Bonchev–Trinajstić information content (AvgIpc) is 2.68. The molecule has 0 radical (unpaired) electrons. The van der Waals surface area contributed by atoms with Crippen molar-refractivity contribution in [2.75, 3.05) is 0 Å². The third-order valence-electron chi connectivity index (χ3n) is 5.05. The molecule has 0 aliphatic heterocycles. The lowest BCUT2D eigenvalue weighted by molar-refractivity contribution is 0.352. The average molecular weight is 360 g/mol. The first-order chi connectivity index (χ1) is 13.0. The third kappa shape index (κ3) is 4.99. The third-order valence-corrected chi connectivity index (χ3v) is 5.05. The topological polar surface area (TPSA) is 32.3 Å². The molecule has 3 aromatic carbocycles. The van der Waals surface area contributed by atoms with Gasteiger partial charge in [0.05, 0.1) is 0 Å². The van der Waals surface area contributed by atoms with Gasteiger partial charge in [-0.2, -0.15) is 0 Å². The summed E-state index contributed by atoms with van der Waals surface area (Å²) >= 11 is 0. The van der Waals surface area contributed by atoms with E-state index in [-0.39, 0.29) is 12.1 Å². The van der Waals surface area contributed by atoms with Crippen molar-refractivity contribution in [1.82, 2.24) is 5.32 Å². The first-order valence-corrected chi connectivity index (χ1v) is 9.69. The summed E-state index contributed by atoms with van der Waals surface area (Å²) in [6.07, 6.45) is 0.827. The number of phenols is 1. The minimum absolute atomic E-state index is 0.0277. The number of rotatable bonds is 7. The fourth-order valence-electron chi connectivity index (χ4n) is 3.61. The van der Waals surface area contributed by atoms with Gasteiger partial charge in [0, 0.05) is 17.6 Å². The van der Waals surface area contributed by atoms with Gasteiger partial charge in [0.25, 0.3) is 0 Å². The Balaban J connectivity index is 1.96. The van der Waals surface area contributed by atoms with E-state index >= 15 is 0 Å². The van der Waals surface area contributed by atoms with Crippen molar-refractivity contribution in [3.63, 3.8) is 0 Å². The van der Waals surface area contributed by atoms with Gasteiger partial charge in [0.15, 0.2) is 0 Å². The Morgan fingerprint density at radius 1 is 0.852 bits per heavy atom. The van der Waals surface area contributed by atoms with Crippen LogP contribution < -0.4 is 5.32 Å². The van der Waals surface area contributed by atoms with Gasteiger partial charge in [-0.1, -0.05) is 92.2 Å². The molecule has 0 amide bonds. The van der Waals surface area contributed by atoms with Gasteiger partial charge < -0.3 is 10.4 Å². The number of aryl methyl sites for hydroxylation is 1. The Bertz CT molecular complexity index is 843. The lowest BCUT2D eigenvalue weighted by Crippen LogP contribution is -2.31. The minimum Gasteiger partial charge on any atom is -0.508 e. The molecule has 2 N–H and O–H groups in total. The summed E-state index contributed by atoms with van der Waals surface area (Å²) in [5, 5.41) is 14.4. The van der Waals surface area contributed by atoms with E-state index < -0.39 is 0 Å². The van der Waals surface area contributed by atoms with Crippen molar-refractivity contribution in [3.05, 3.63) is 101 Å². The maximum atomic E-state index is 10.6. The zero-order chi connectivity index (χ0) is 19.2. The predicted octanol–water partition coefficient (Wildman–Crippen LogP) is 5.97. The molecule has 0 fully saturated rings. The fraction of sp³-hybridized carbons (Fsp3) is 0.280. The highest BCUT2D eigenvalue weighted by molar-refractivity contribution is 5.39. The fourth-order valence-corrected chi connectivity index (χ4v) is 3.61. The molecule has 3 aromatic rings. The Hall–Kier alpha value is -2.58. The van der Waals surface area contributed by atoms with E-state index in [4.69, 9.17) is 0 Å². The van der Waals surface area contributed by atoms with Crippen LogP contribution in [0.2, 0.25) is 0 Å². The van der Waals surface area contributed by atoms with E-state index in [1.807, 2.05) is 12.1 Å². The van der Waals surface area contributed by atoms with E-state index in [0.29, 0.717) is 11.7 Å². The Morgan fingerprint density at radius 3 is 2.11 bits per heavy atom. The van der Waals surface area contributed by atoms with E-state index in [1.165, 1.54) is 11.1 Å².